The molecule has 0 saturated carbocycles. The van der Waals surface area contributed by atoms with Crippen LogP contribution in [0.3, 0.4) is 0 Å². The molecule has 0 aliphatic heterocycles. The van der Waals surface area contributed by atoms with E-state index >= 15 is 0 Å². The SMILES string of the molecule is CSCCN(C)c1nc(C(C)(C)C(=O)O)cs1. The highest BCUT2D eigenvalue weighted by molar-refractivity contribution is 7.98. The van der Waals surface area contributed by atoms with E-state index in [4.69, 9.17) is 5.11 Å². The second-order valence-electron chi connectivity index (χ2n) is 4.36. The molecule has 0 spiro atoms. The first-order valence-electron chi connectivity index (χ1n) is 5.29. The van der Waals surface area contributed by atoms with E-state index in [1.807, 2.05) is 12.4 Å². The second kappa shape index (κ2) is 5.73. The first-order chi connectivity index (χ1) is 7.89. The topological polar surface area (TPSA) is 53.4 Å². The lowest BCUT2D eigenvalue weighted by Gasteiger charge is -2.17. The molecule has 4 nitrogen and oxygen atoms in total. The van der Waals surface area contributed by atoms with Crippen molar-refractivity contribution in [1.82, 2.24) is 4.98 Å². The summed E-state index contributed by atoms with van der Waals surface area (Å²) in [5, 5.41) is 11.8. The fourth-order valence-corrected chi connectivity index (χ4v) is 2.60. The summed E-state index contributed by atoms with van der Waals surface area (Å²) >= 11 is 3.28. The van der Waals surface area contributed by atoms with Gasteiger partial charge >= 0.3 is 5.97 Å². The van der Waals surface area contributed by atoms with Crippen LogP contribution in [0.15, 0.2) is 5.38 Å². The van der Waals surface area contributed by atoms with E-state index in [1.54, 1.807) is 25.6 Å². The molecule has 0 aromatic carbocycles. The van der Waals surface area contributed by atoms with Crippen LogP contribution in [0.5, 0.6) is 0 Å². The number of aliphatic carboxylic acids is 1. The number of nitrogens with zero attached hydrogens (tertiary/aromatic N) is 2. The number of hydrogen-bond donors (Lipinski definition) is 1. The van der Waals surface area contributed by atoms with E-state index in [9.17, 15) is 4.79 Å². The Hall–Kier alpha value is -0.750. The van der Waals surface area contributed by atoms with Gasteiger partial charge in [0.25, 0.3) is 0 Å². The van der Waals surface area contributed by atoms with E-state index < -0.39 is 11.4 Å². The van der Waals surface area contributed by atoms with Gasteiger partial charge in [-0.25, -0.2) is 4.98 Å². The van der Waals surface area contributed by atoms with Crippen LogP contribution in [0.4, 0.5) is 5.13 Å². The summed E-state index contributed by atoms with van der Waals surface area (Å²) in [7, 11) is 1.98. The summed E-state index contributed by atoms with van der Waals surface area (Å²) in [6, 6.07) is 0. The third kappa shape index (κ3) is 3.35. The number of aromatic nitrogens is 1. The highest BCUT2D eigenvalue weighted by Gasteiger charge is 2.32. The molecule has 0 unspecified atom stereocenters. The smallest absolute Gasteiger partial charge is 0.315 e. The summed E-state index contributed by atoms with van der Waals surface area (Å²) in [5.74, 6) is 0.189. The average Bonchev–Trinajstić information content (AvgIpc) is 2.75. The number of carboxylic acids is 1. The van der Waals surface area contributed by atoms with E-state index in [2.05, 4.69) is 16.1 Å². The molecule has 17 heavy (non-hydrogen) atoms. The van der Waals surface area contributed by atoms with Gasteiger partial charge in [0.1, 0.15) is 5.41 Å². The standard InChI is InChI=1S/C11H18N2O2S2/c1-11(2,9(14)15)8-7-17-10(12-8)13(3)5-6-16-4/h7H,5-6H2,1-4H3,(H,14,15). The molecule has 1 rings (SSSR count). The molecule has 0 aliphatic carbocycles. The molecule has 96 valence electrons. The molecule has 0 fully saturated rings. The maximum atomic E-state index is 11.1. The molecule has 1 aromatic rings. The highest BCUT2D eigenvalue weighted by Crippen LogP contribution is 2.28. The lowest BCUT2D eigenvalue weighted by atomic mass is 9.90. The van der Waals surface area contributed by atoms with E-state index in [-0.39, 0.29) is 0 Å². The summed E-state index contributed by atoms with van der Waals surface area (Å²) < 4.78 is 0. The minimum Gasteiger partial charge on any atom is -0.481 e. The third-order valence-electron chi connectivity index (χ3n) is 2.62. The van der Waals surface area contributed by atoms with Gasteiger partial charge in [0.2, 0.25) is 0 Å². The van der Waals surface area contributed by atoms with Gasteiger partial charge in [-0.15, -0.1) is 11.3 Å². The highest BCUT2D eigenvalue weighted by atomic mass is 32.2. The van der Waals surface area contributed by atoms with Crippen molar-refractivity contribution in [2.75, 3.05) is 30.5 Å². The molecule has 6 heteroatoms. The normalized spacial score (nSPS) is 11.5. The van der Waals surface area contributed by atoms with Crippen LogP contribution in [0.1, 0.15) is 19.5 Å². The summed E-state index contributed by atoms with van der Waals surface area (Å²) in [6.45, 7) is 4.27. The number of rotatable bonds is 6. The molecule has 0 radical (unpaired) electrons. The van der Waals surface area contributed by atoms with Crippen LogP contribution in [0, 0.1) is 0 Å². The van der Waals surface area contributed by atoms with Crippen molar-refractivity contribution < 1.29 is 9.90 Å². The summed E-state index contributed by atoms with van der Waals surface area (Å²) in [6.07, 6.45) is 2.06. The zero-order valence-corrected chi connectivity index (χ0v) is 12.2. The Balaban J connectivity index is 2.81. The van der Waals surface area contributed by atoms with Crippen molar-refractivity contribution in [2.24, 2.45) is 0 Å². The first kappa shape index (κ1) is 14.3. The fourth-order valence-electron chi connectivity index (χ4n) is 1.16. The van der Waals surface area contributed by atoms with Crippen LogP contribution in [-0.2, 0) is 10.2 Å². The predicted octanol–water partition coefficient (Wildman–Crippen LogP) is 2.30. The van der Waals surface area contributed by atoms with Gasteiger partial charge in [0, 0.05) is 24.7 Å². The molecule has 0 amide bonds. The quantitative estimate of drug-likeness (QED) is 0.862. The number of carboxylic acid groups (broad SMARTS) is 1. The molecule has 1 N–H and O–H groups in total. The number of anilines is 1. The maximum Gasteiger partial charge on any atom is 0.315 e. The second-order valence-corrected chi connectivity index (χ2v) is 6.18. The van der Waals surface area contributed by atoms with E-state index in [1.165, 1.54) is 11.3 Å². The molecule has 0 aliphatic rings. The zero-order valence-electron chi connectivity index (χ0n) is 10.6. The zero-order chi connectivity index (χ0) is 13.1. The van der Waals surface area contributed by atoms with Crippen molar-refractivity contribution in [3.8, 4) is 0 Å². The Bertz CT molecular complexity index is 391. The Kier molecular flexibility index (Phi) is 4.82. The van der Waals surface area contributed by atoms with Crippen molar-refractivity contribution in [3.05, 3.63) is 11.1 Å². The molecule has 1 heterocycles. The van der Waals surface area contributed by atoms with Crippen LogP contribution in [0.25, 0.3) is 0 Å². The van der Waals surface area contributed by atoms with Crippen molar-refractivity contribution in [2.45, 2.75) is 19.3 Å². The van der Waals surface area contributed by atoms with Gasteiger partial charge in [-0.2, -0.15) is 11.8 Å². The minimum atomic E-state index is -0.922. The molecular weight excluding hydrogens is 256 g/mol. The molecular formula is C11H18N2O2S2. The van der Waals surface area contributed by atoms with Gasteiger partial charge in [0.05, 0.1) is 5.69 Å². The van der Waals surface area contributed by atoms with Gasteiger partial charge in [-0.1, -0.05) is 0 Å². The number of thiazole rings is 1. The monoisotopic (exact) mass is 274 g/mol. The Morgan fingerprint density at radius 2 is 2.29 bits per heavy atom. The Morgan fingerprint density at radius 1 is 1.65 bits per heavy atom. The van der Waals surface area contributed by atoms with Gasteiger partial charge in [-0.05, 0) is 20.1 Å². The Labute approximate surface area is 110 Å². The van der Waals surface area contributed by atoms with Crippen molar-refractivity contribution >= 4 is 34.2 Å². The number of hydrogen-bond acceptors (Lipinski definition) is 5. The molecule has 0 atom stereocenters. The van der Waals surface area contributed by atoms with Gasteiger partial charge in [-0.3, -0.25) is 4.79 Å². The van der Waals surface area contributed by atoms with Crippen molar-refractivity contribution in [1.29, 1.82) is 0 Å². The number of thioether (sulfide) groups is 1. The summed E-state index contributed by atoms with van der Waals surface area (Å²) in [4.78, 5) is 17.6. The minimum absolute atomic E-state index is 0.626. The lowest BCUT2D eigenvalue weighted by molar-refractivity contribution is -0.142. The maximum absolute atomic E-state index is 11.1. The lowest BCUT2D eigenvalue weighted by Crippen LogP contribution is -2.29. The van der Waals surface area contributed by atoms with Crippen LogP contribution in [-0.4, -0.2) is 41.7 Å². The largest absolute Gasteiger partial charge is 0.481 e. The van der Waals surface area contributed by atoms with Gasteiger partial charge in [0.15, 0.2) is 5.13 Å². The van der Waals surface area contributed by atoms with Crippen LogP contribution >= 0.6 is 23.1 Å². The van der Waals surface area contributed by atoms with Crippen LogP contribution in [0.2, 0.25) is 0 Å². The van der Waals surface area contributed by atoms with Gasteiger partial charge < -0.3 is 10.0 Å². The number of carbonyl (C=O) groups is 1. The van der Waals surface area contributed by atoms with Crippen molar-refractivity contribution in [3.63, 3.8) is 0 Å². The average molecular weight is 274 g/mol. The predicted molar refractivity (Wildman–Crippen MR) is 74.4 cm³/mol. The third-order valence-corrected chi connectivity index (χ3v) is 4.17. The fraction of sp³-hybridized carbons (Fsp3) is 0.636. The van der Waals surface area contributed by atoms with E-state index in [0.29, 0.717) is 5.69 Å². The van der Waals surface area contributed by atoms with Crippen LogP contribution < -0.4 is 4.90 Å². The summed E-state index contributed by atoms with van der Waals surface area (Å²) in [5.41, 5.74) is -0.296. The van der Waals surface area contributed by atoms with E-state index in [0.717, 1.165) is 17.4 Å². The first-order valence-corrected chi connectivity index (χ1v) is 7.56. The molecule has 0 saturated heterocycles. The Morgan fingerprint density at radius 3 is 2.82 bits per heavy atom. The molecule has 0 bridgehead atoms. The molecule has 1 aromatic heterocycles.